The van der Waals surface area contributed by atoms with Crippen molar-refractivity contribution in [3.63, 3.8) is 0 Å². The van der Waals surface area contributed by atoms with Crippen molar-refractivity contribution >= 4 is 11.6 Å². The number of hydrogen-bond donors (Lipinski definition) is 2. The minimum Gasteiger partial charge on any atom is -0.375 e. The van der Waals surface area contributed by atoms with E-state index in [2.05, 4.69) is 15.4 Å². The number of fused-ring (bicyclic) bond motifs is 1. The average Bonchev–Trinajstić information content (AvgIpc) is 2.43. The van der Waals surface area contributed by atoms with Crippen molar-refractivity contribution in [2.24, 2.45) is 0 Å². The standard InChI is InChI=1S/C14H18F2N2O2/c15-13(16)9-20-6-4-14(19)18-12-2-1-10-3-5-17-8-11(10)7-12/h1-2,7,13,17H,3-6,8-9H2,(H,18,19). The van der Waals surface area contributed by atoms with Gasteiger partial charge in [0.05, 0.1) is 13.0 Å². The van der Waals surface area contributed by atoms with Gasteiger partial charge in [-0.05, 0) is 36.2 Å². The number of anilines is 1. The van der Waals surface area contributed by atoms with Crippen molar-refractivity contribution < 1.29 is 18.3 Å². The minimum absolute atomic E-state index is 0.00265. The second-order valence-electron chi connectivity index (χ2n) is 4.67. The summed E-state index contributed by atoms with van der Waals surface area (Å²) < 4.78 is 28.3. The van der Waals surface area contributed by atoms with E-state index < -0.39 is 13.0 Å². The van der Waals surface area contributed by atoms with E-state index in [1.807, 2.05) is 18.2 Å². The quantitative estimate of drug-likeness (QED) is 0.785. The Balaban J connectivity index is 1.79. The lowest BCUT2D eigenvalue weighted by Crippen LogP contribution is -2.24. The number of carbonyl (C=O) groups excluding carboxylic acids is 1. The Kier molecular flexibility index (Phi) is 5.43. The third-order valence-electron chi connectivity index (χ3n) is 3.09. The van der Waals surface area contributed by atoms with Crippen LogP contribution >= 0.6 is 0 Å². The Morgan fingerprint density at radius 1 is 1.40 bits per heavy atom. The molecule has 1 amide bonds. The summed E-state index contributed by atoms with van der Waals surface area (Å²) in [7, 11) is 0. The largest absolute Gasteiger partial charge is 0.375 e. The number of alkyl halides is 2. The van der Waals surface area contributed by atoms with Crippen LogP contribution in [0.15, 0.2) is 18.2 Å². The molecule has 0 unspecified atom stereocenters. The zero-order valence-electron chi connectivity index (χ0n) is 11.1. The van der Waals surface area contributed by atoms with E-state index in [4.69, 9.17) is 0 Å². The molecule has 2 N–H and O–H groups in total. The Morgan fingerprint density at radius 2 is 2.25 bits per heavy atom. The van der Waals surface area contributed by atoms with Crippen LogP contribution in [0.3, 0.4) is 0 Å². The monoisotopic (exact) mass is 284 g/mol. The van der Waals surface area contributed by atoms with Crippen LogP contribution in [0.5, 0.6) is 0 Å². The van der Waals surface area contributed by atoms with Crippen molar-refractivity contribution in [1.82, 2.24) is 5.32 Å². The molecule has 1 aromatic carbocycles. The van der Waals surface area contributed by atoms with Crippen molar-refractivity contribution in [2.75, 3.05) is 25.1 Å². The summed E-state index contributed by atoms with van der Waals surface area (Å²) in [5.74, 6) is -0.233. The molecule has 0 saturated carbocycles. The van der Waals surface area contributed by atoms with Gasteiger partial charge in [0.1, 0.15) is 6.61 Å². The van der Waals surface area contributed by atoms with Crippen LogP contribution in [0, 0.1) is 0 Å². The molecule has 0 aromatic heterocycles. The highest BCUT2D eigenvalue weighted by atomic mass is 19.3. The van der Waals surface area contributed by atoms with Gasteiger partial charge in [0, 0.05) is 12.2 Å². The van der Waals surface area contributed by atoms with Crippen LogP contribution in [0.4, 0.5) is 14.5 Å². The highest BCUT2D eigenvalue weighted by molar-refractivity contribution is 5.90. The van der Waals surface area contributed by atoms with Crippen LogP contribution in [-0.2, 0) is 22.5 Å². The first kappa shape index (κ1) is 14.9. The van der Waals surface area contributed by atoms with Crippen LogP contribution < -0.4 is 10.6 Å². The molecule has 1 aliphatic rings. The van der Waals surface area contributed by atoms with Crippen LogP contribution in [0.1, 0.15) is 17.5 Å². The summed E-state index contributed by atoms with van der Waals surface area (Å²) in [6.45, 7) is 1.15. The summed E-state index contributed by atoms with van der Waals surface area (Å²) >= 11 is 0. The number of rotatable bonds is 6. The lowest BCUT2D eigenvalue weighted by Gasteiger charge is -2.18. The van der Waals surface area contributed by atoms with Crippen LogP contribution in [-0.4, -0.2) is 32.1 Å². The molecule has 2 rings (SSSR count). The fourth-order valence-electron chi connectivity index (χ4n) is 2.12. The average molecular weight is 284 g/mol. The normalized spacial score (nSPS) is 14.2. The van der Waals surface area contributed by atoms with Gasteiger partial charge < -0.3 is 15.4 Å². The first-order valence-electron chi connectivity index (χ1n) is 6.63. The summed E-state index contributed by atoms with van der Waals surface area (Å²) in [5.41, 5.74) is 3.20. The lowest BCUT2D eigenvalue weighted by molar-refractivity contribution is -0.117. The van der Waals surface area contributed by atoms with E-state index in [0.29, 0.717) is 0 Å². The first-order chi connectivity index (χ1) is 9.65. The summed E-state index contributed by atoms with van der Waals surface area (Å²) in [5, 5.41) is 6.02. The maximum absolute atomic E-state index is 11.8. The van der Waals surface area contributed by atoms with Crippen molar-refractivity contribution in [1.29, 1.82) is 0 Å². The van der Waals surface area contributed by atoms with E-state index in [9.17, 15) is 13.6 Å². The van der Waals surface area contributed by atoms with E-state index in [1.165, 1.54) is 11.1 Å². The molecule has 0 aliphatic carbocycles. The molecule has 1 heterocycles. The van der Waals surface area contributed by atoms with E-state index in [1.54, 1.807) is 0 Å². The second-order valence-corrected chi connectivity index (χ2v) is 4.67. The van der Waals surface area contributed by atoms with Gasteiger partial charge in [0.15, 0.2) is 0 Å². The molecule has 6 heteroatoms. The predicted molar refractivity (Wildman–Crippen MR) is 71.9 cm³/mol. The molecular weight excluding hydrogens is 266 g/mol. The van der Waals surface area contributed by atoms with Gasteiger partial charge in [-0.15, -0.1) is 0 Å². The highest BCUT2D eigenvalue weighted by Gasteiger charge is 2.10. The summed E-state index contributed by atoms with van der Waals surface area (Å²) in [6.07, 6.45) is -1.43. The molecule has 0 saturated heterocycles. The highest BCUT2D eigenvalue weighted by Crippen LogP contribution is 2.19. The van der Waals surface area contributed by atoms with Gasteiger partial charge in [0.25, 0.3) is 6.43 Å². The number of carbonyl (C=O) groups is 1. The van der Waals surface area contributed by atoms with E-state index in [0.717, 1.165) is 25.2 Å². The van der Waals surface area contributed by atoms with Crippen LogP contribution in [0.2, 0.25) is 0 Å². The second kappa shape index (κ2) is 7.31. The molecule has 1 aromatic rings. The van der Waals surface area contributed by atoms with Gasteiger partial charge in [-0.1, -0.05) is 6.07 Å². The number of benzene rings is 1. The van der Waals surface area contributed by atoms with Crippen molar-refractivity contribution in [3.8, 4) is 0 Å². The zero-order chi connectivity index (χ0) is 14.4. The van der Waals surface area contributed by atoms with Crippen LogP contribution in [0.25, 0.3) is 0 Å². The third kappa shape index (κ3) is 4.54. The molecular formula is C14H18F2N2O2. The number of ether oxygens (including phenoxy) is 1. The minimum atomic E-state index is -2.49. The summed E-state index contributed by atoms with van der Waals surface area (Å²) in [4.78, 5) is 11.6. The SMILES string of the molecule is O=C(CCOCC(F)F)Nc1ccc2c(c1)CNCC2. The third-order valence-corrected chi connectivity index (χ3v) is 3.09. The maximum atomic E-state index is 11.8. The molecule has 20 heavy (non-hydrogen) atoms. The molecule has 0 atom stereocenters. The molecule has 0 fully saturated rings. The molecule has 0 radical (unpaired) electrons. The van der Waals surface area contributed by atoms with Gasteiger partial charge in [-0.25, -0.2) is 8.78 Å². The number of amides is 1. The molecule has 4 nitrogen and oxygen atoms in total. The maximum Gasteiger partial charge on any atom is 0.261 e. The number of nitrogens with one attached hydrogen (secondary N) is 2. The van der Waals surface area contributed by atoms with Gasteiger partial charge >= 0.3 is 0 Å². The number of hydrogen-bond acceptors (Lipinski definition) is 3. The smallest absolute Gasteiger partial charge is 0.261 e. The summed E-state index contributed by atoms with van der Waals surface area (Å²) in [6, 6.07) is 5.82. The molecule has 0 bridgehead atoms. The topological polar surface area (TPSA) is 50.4 Å². The Labute approximate surface area is 116 Å². The molecule has 1 aliphatic heterocycles. The van der Waals surface area contributed by atoms with Crippen molar-refractivity contribution in [3.05, 3.63) is 29.3 Å². The fraction of sp³-hybridized carbons (Fsp3) is 0.500. The first-order valence-corrected chi connectivity index (χ1v) is 6.63. The molecule has 110 valence electrons. The Morgan fingerprint density at radius 3 is 3.05 bits per heavy atom. The lowest BCUT2D eigenvalue weighted by atomic mass is 10.0. The van der Waals surface area contributed by atoms with Gasteiger partial charge in [0.2, 0.25) is 5.91 Å². The Bertz CT molecular complexity index is 466. The molecule has 0 spiro atoms. The zero-order valence-corrected chi connectivity index (χ0v) is 11.1. The van der Waals surface area contributed by atoms with E-state index >= 15 is 0 Å². The Hall–Kier alpha value is -1.53. The van der Waals surface area contributed by atoms with Gasteiger partial charge in [-0.3, -0.25) is 4.79 Å². The fourth-order valence-corrected chi connectivity index (χ4v) is 2.12. The number of halogens is 2. The predicted octanol–water partition coefficient (Wildman–Crippen LogP) is 1.94. The van der Waals surface area contributed by atoms with Gasteiger partial charge in [-0.2, -0.15) is 0 Å². The van der Waals surface area contributed by atoms with Crippen molar-refractivity contribution in [2.45, 2.75) is 25.8 Å². The van der Waals surface area contributed by atoms with E-state index in [-0.39, 0.29) is 18.9 Å².